The van der Waals surface area contributed by atoms with Gasteiger partial charge in [0.05, 0.1) is 16.5 Å². The Labute approximate surface area is 169 Å². The zero-order valence-corrected chi connectivity index (χ0v) is 16.2. The maximum absolute atomic E-state index is 14.5. The number of hydrogen-bond donors (Lipinski definition) is 1. The molecule has 29 heavy (non-hydrogen) atoms. The fourth-order valence-corrected chi connectivity index (χ4v) is 2.70. The van der Waals surface area contributed by atoms with E-state index in [0.29, 0.717) is 5.52 Å². The molecule has 2 aromatic carbocycles. The number of fused-ring (bicyclic) bond motifs is 1. The predicted molar refractivity (Wildman–Crippen MR) is 103 cm³/mol. The summed E-state index contributed by atoms with van der Waals surface area (Å²) in [5.74, 6) is -1.42. The number of carbonyl (C=O) groups is 1. The molecular weight excluding hydrogens is 401 g/mol. The third-order valence-electron chi connectivity index (χ3n) is 3.89. The molecule has 0 saturated carbocycles. The Bertz CT molecular complexity index is 1200. The average molecular weight is 416 g/mol. The van der Waals surface area contributed by atoms with Crippen LogP contribution < -0.4 is 15.6 Å². The van der Waals surface area contributed by atoms with E-state index in [1.165, 1.54) is 13.8 Å². The second-order valence-electron chi connectivity index (χ2n) is 6.63. The molecule has 1 N–H and O–H groups in total. The molecule has 1 aromatic heterocycles. The maximum Gasteiger partial charge on any atom is 0.282 e. The van der Waals surface area contributed by atoms with Gasteiger partial charge in [0.1, 0.15) is 22.5 Å². The summed E-state index contributed by atoms with van der Waals surface area (Å²) in [7, 11) is 0. The third kappa shape index (κ3) is 4.33. The Balaban J connectivity index is 1.93. The molecule has 0 saturated heterocycles. The van der Waals surface area contributed by atoms with Crippen LogP contribution in [0.5, 0.6) is 5.75 Å². The van der Waals surface area contributed by atoms with Crippen molar-refractivity contribution in [3.8, 4) is 17.5 Å². The van der Waals surface area contributed by atoms with Gasteiger partial charge in [-0.05, 0) is 32.0 Å². The van der Waals surface area contributed by atoms with Crippen molar-refractivity contribution in [2.45, 2.75) is 19.4 Å². The van der Waals surface area contributed by atoms with Crippen molar-refractivity contribution in [2.24, 2.45) is 0 Å². The van der Waals surface area contributed by atoms with Crippen molar-refractivity contribution >= 4 is 28.4 Å². The fraction of sp³-hybridized carbons (Fsp3) is 0.211. The molecule has 0 atom stereocenters. The van der Waals surface area contributed by atoms with Crippen LogP contribution in [-0.2, 0) is 4.79 Å². The monoisotopic (exact) mass is 415 g/mol. The molecule has 148 valence electrons. The lowest BCUT2D eigenvalue weighted by atomic mass is 10.1. The molecule has 3 rings (SSSR count). The van der Waals surface area contributed by atoms with Crippen molar-refractivity contribution < 1.29 is 13.9 Å². The molecule has 0 unspecified atom stereocenters. The number of nitrogens with one attached hydrogen (secondary N) is 1. The first-order valence-electron chi connectivity index (χ1n) is 8.41. The summed E-state index contributed by atoms with van der Waals surface area (Å²) in [5.41, 5.74) is -1.51. The zero-order chi connectivity index (χ0) is 21.2. The summed E-state index contributed by atoms with van der Waals surface area (Å²) in [6, 6.07) is 10.6. The second kappa shape index (κ2) is 7.85. The minimum absolute atomic E-state index is 0.0326. The van der Waals surface area contributed by atoms with Gasteiger partial charge in [-0.15, -0.1) is 5.10 Å². The minimum atomic E-state index is -1.08. The number of rotatable bonds is 5. The Morgan fingerprint density at radius 2 is 2.10 bits per heavy atom. The summed E-state index contributed by atoms with van der Waals surface area (Å²) in [4.78, 5) is 24.6. The van der Waals surface area contributed by atoms with Gasteiger partial charge in [-0.1, -0.05) is 28.9 Å². The summed E-state index contributed by atoms with van der Waals surface area (Å²) in [6.45, 7) is 2.59. The zero-order valence-electron chi connectivity index (χ0n) is 15.4. The highest BCUT2D eigenvalue weighted by molar-refractivity contribution is 6.32. The van der Waals surface area contributed by atoms with Crippen molar-refractivity contribution in [1.29, 1.82) is 5.26 Å². The van der Waals surface area contributed by atoms with Crippen LogP contribution in [0.1, 0.15) is 13.8 Å². The van der Waals surface area contributed by atoms with Crippen LogP contribution in [0, 0.1) is 17.1 Å². The lowest BCUT2D eigenvalue weighted by Crippen LogP contribution is -2.44. The van der Waals surface area contributed by atoms with Crippen LogP contribution in [0.3, 0.4) is 0 Å². The second-order valence-corrected chi connectivity index (χ2v) is 7.04. The first-order valence-corrected chi connectivity index (χ1v) is 8.79. The highest BCUT2D eigenvalue weighted by Gasteiger charge is 2.20. The molecule has 0 fully saturated rings. The van der Waals surface area contributed by atoms with Gasteiger partial charge in [0.25, 0.3) is 11.5 Å². The van der Waals surface area contributed by atoms with Gasteiger partial charge in [0.15, 0.2) is 12.4 Å². The van der Waals surface area contributed by atoms with Crippen LogP contribution in [0.4, 0.5) is 4.39 Å². The van der Waals surface area contributed by atoms with Crippen molar-refractivity contribution in [1.82, 2.24) is 20.3 Å². The Morgan fingerprint density at radius 1 is 1.38 bits per heavy atom. The minimum Gasteiger partial charge on any atom is -0.482 e. The number of halogens is 2. The molecule has 0 spiro atoms. The van der Waals surface area contributed by atoms with E-state index in [0.717, 1.165) is 16.8 Å². The number of aromatic nitrogens is 3. The van der Waals surface area contributed by atoms with Crippen molar-refractivity contribution in [3.63, 3.8) is 0 Å². The first kappa shape index (κ1) is 20.2. The number of carbonyl (C=O) groups excluding carboxylic acids is 1. The SMILES string of the molecule is CC(C)(C#N)NC(=O)COc1cc(-n2nnc3ccccc3c2=O)c(F)cc1Cl. The van der Waals surface area contributed by atoms with Crippen LogP contribution in [0.15, 0.2) is 41.2 Å². The highest BCUT2D eigenvalue weighted by atomic mass is 35.5. The topological polar surface area (TPSA) is 110 Å². The molecule has 8 nitrogen and oxygen atoms in total. The standard InChI is InChI=1S/C19H15ClFN5O3/c1-19(2,10-22)23-17(27)9-29-16-8-15(13(21)7-12(16)20)26-18(28)11-5-3-4-6-14(11)24-25-26/h3-8H,9H2,1-2H3,(H,23,27). The average Bonchev–Trinajstić information content (AvgIpc) is 2.68. The van der Waals surface area contributed by atoms with E-state index in [9.17, 15) is 14.0 Å². The highest BCUT2D eigenvalue weighted by Crippen LogP contribution is 2.29. The summed E-state index contributed by atoms with van der Waals surface area (Å²) in [5, 5.41) is 19.3. The quantitative estimate of drug-likeness (QED) is 0.685. The normalized spacial score (nSPS) is 11.1. The van der Waals surface area contributed by atoms with Crippen LogP contribution >= 0.6 is 11.6 Å². The number of ether oxygens (including phenoxy) is 1. The van der Waals surface area contributed by atoms with Crippen LogP contribution in [0.2, 0.25) is 5.02 Å². The fourth-order valence-electron chi connectivity index (χ4n) is 2.49. The Hall–Kier alpha value is -3.51. The molecule has 10 heteroatoms. The largest absolute Gasteiger partial charge is 0.482 e. The van der Waals surface area contributed by atoms with E-state index in [2.05, 4.69) is 15.6 Å². The van der Waals surface area contributed by atoms with E-state index in [-0.39, 0.29) is 21.8 Å². The lowest BCUT2D eigenvalue weighted by Gasteiger charge is -2.18. The number of benzene rings is 2. The molecular formula is C19H15ClFN5O3. The molecule has 3 aromatic rings. The van der Waals surface area contributed by atoms with E-state index < -0.39 is 29.4 Å². The Morgan fingerprint density at radius 3 is 2.83 bits per heavy atom. The smallest absolute Gasteiger partial charge is 0.282 e. The van der Waals surface area contributed by atoms with Crippen LogP contribution in [-0.4, -0.2) is 33.0 Å². The number of amides is 1. The van der Waals surface area contributed by atoms with Gasteiger partial charge in [-0.3, -0.25) is 9.59 Å². The van der Waals surface area contributed by atoms with E-state index in [4.69, 9.17) is 21.6 Å². The van der Waals surface area contributed by atoms with Gasteiger partial charge in [0.2, 0.25) is 0 Å². The third-order valence-corrected chi connectivity index (χ3v) is 4.18. The summed E-state index contributed by atoms with van der Waals surface area (Å²) >= 11 is 6.00. The molecule has 1 heterocycles. The first-order chi connectivity index (χ1) is 13.7. The molecule has 0 aliphatic heterocycles. The van der Waals surface area contributed by atoms with Gasteiger partial charge in [-0.25, -0.2) is 4.39 Å². The molecule has 1 amide bonds. The predicted octanol–water partition coefficient (Wildman–Crippen LogP) is 2.37. The van der Waals surface area contributed by atoms with Crippen molar-refractivity contribution in [3.05, 3.63) is 57.6 Å². The molecule has 0 aliphatic rings. The number of nitrogens with zero attached hydrogens (tertiary/aromatic N) is 4. The molecule has 0 aliphatic carbocycles. The summed E-state index contributed by atoms with van der Waals surface area (Å²) in [6.07, 6.45) is 0. The Kier molecular flexibility index (Phi) is 5.48. The van der Waals surface area contributed by atoms with E-state index in [1.54, 1.807) is 24.3 Å². The lowest BCUT2D eigenvalue weighted by molar-refractivity contribution is -0.124. The van der Waals surface area contributed by atoms with Crippen molar-refractivity contribution in [2.75, 3.05) is 6.61 Å². The van der Waals surface area contributed by atoms with E-state index in [1.807, 2.05) is 6.07 Å². The number of hydrogen-bond acceptors (Lipinski definition) is 6. The number of nitriles is 1. The molecule has 0 radical (unpaired) electrons. The summed E-state index contributed by atoms with van der Waals surface area (Å²) < 4.78 is 20.6. The van der Waals surface area contributed by atoms with E-state index >= 15 is 0 Å². The maximum atomic E-state index is 14.5. The van der Waals surface area contributed by atoms with Crippen LogP contribution in [0.25, 0.3) is 16.6 Å². The molecule has 0 bridgehead atoms. The van der Waals surface area contributed by atoms with Gasteiger partial charge in [-0.2, -0.15) is 9.94 Å². The van der Waals surface area contributed by atoms with Gasteiger partial charge >= 0.3 is 0 Å². The van der Waals surface area contributed by atoms with Gasteiger partial charge in [0, 0.05) is 6.07 Å². The van der Waals surface area contributed by atoms with Gasteiger partial charge < -0.3 is 10.1 Å².